The van der Waals surface area contributed by atoms with Crippen LogP contribution in [0.5, 0.6) is 5.75 Å². The minimum atomic E-state index is 0.615. The molecule has 0 aliphatic rings. The second-order valence-corrected chi connectivity index (χ2v) is 7.25. The highest BCUT2D eigenvalue weighted by Gasteiger charge is 2.17. The van der Waals surface area contributed by atoms with Crippen molar-refractivity contribution in [3.05, 3.63) is 77.3 Å². The van der Waals surface area contributed by atoms with Crippen LogP contribution in [-0.2, 0) is 0 Å². The Labute approximate surface area is 169 Å². The second kappa shape index (κ2) is 6.73. The zero-order valence-corrected chi connectivity index (χ0v) is 16.6. The van der Waals surface area contributed by atoms with Crippen LogP contribution in [0.4, 0.5) is 0 Å². The average molecular weight is 431 g/mol. The van der Waals surface area contributed by atoms with E-state index in [1.165, 1.54) is 0 Å². The molecule has 6 heteroatoms. The first-order valence-corrected chi connectivity index (χ1v) is 9.58. The van der Waals surface area contributed by atoms with E-state index in [1.807, 2.05) is 77.4 Å². The van der Waals surface area contributed by atoms with E-state index in [9.17, 15) is 0 Å². The molecule has 28 heavy (non-hydrogen) atoms. The molecular formula is C22H15BrN4O. The molecule has 0 atom stereocenters. The van der Waals surface area contributed by atoms with Gasteiger partial charge in [0.25, 0.3) is 0 Å². The first kappa shape index (κ1) is 16.9. The van der Waals surface area contributed by atoms with Crippen molar-refractivity contribution in [1.82, 2.24) is 19.5 Å². The van der Waals surface area contributed by atoms with Crippen molar-refractivity contribution in [2.75, 3.05) is 7.11 Å². The Balaban J connectivity index is 1.84. The molecule has 2 heterocycles. The number of halogens is 1. The quantitative estimate of drug-likeness (QED) is 0.384. The Morgan fingerprint density at radius 3 is 2.29 bits per heavy atom. The maximum absolute atomic E-state index is 5.29. The van der Waals surface area contributed by atoms with E-state index in [1.54, 1.807) is 7.11 Å². The molecule has 0 radical (unpaired) electrons. The lowest BCUT2D eigenvalue weighted by Crippen LogP contribution is -1.99. The third kappa shape index (κ3) is 2.82. The summed E-state index contributed by atoms with van der Waals surface area (Å²) in [6.07, 6.45) is 0. The number of imidazole rings is 1. The molecule has 0 spiro atoms. The lowest BCUT2D eigenvalue weighted by Gasteiger charge is -2.10. The first-order chi connectivity index (χ1) is 13.7. The van der Waals surface area contributed by atoms with Crippen LogP contribution in [0, 0.1) is 0 Å². The maximum Gasteiger partial charge on any atom is 0.199 e. The van der Waals surface area contributed by atoms with Gasteiger partial charge in [0, 0.05) is 10.0 Å². The monoisotopic (exact) mass is 430 g/mol. The average Bonchev–Trinajstić information content (AvgIpc) is 3.10. The predicted octanol–water partition coefficient (Wildman–Crippen LogP) is 5.41. The summed E-state index contributed by atoms with van der Waals surface area (Å²) in [5, 5.41) is 0. The minimum absolute atomic E-state index is 0.615. The van der Waals surface area contributed by atoms with Crippen molar-refractivity contribution in [3.8, 4) is 22.8 Å². The molecule has 0 aliphatic carbocycles. The number of nitrogens with zero attached hydrogens (tertiary/aromatic N) is 4. The summed E-state index contributed by atoms with van der Waals surface area (Å²) in [6.45, 7) is 0. The predicted molar refractivity (Wildman–Crippen MR) is 114 cm³/mol. The number of ether oxygens (including phenoxy) is 1. The third-order valence-corrected chi connectivity index (χ3v) is 5.08. The molecule has 5 rings (SSSR count). The summed E-state index contributed by atoms with van der Waals surface area (Å²) in [6, 6.07) is 23.8. The van der Waals surface area contributed by atoms with Gasteiger partial charge in [-0.3, -0.25) is 4.57 Å². The van der Waals surface area contributed by atoms with Gasteiger partial charge in [-0.2, -0.15) is 0 Å². The van der Waals surface area contributed by atoms with Crippen LogP contribution in [0.25, 0.3) is 39.4 Å². The number of rotatable bonds is 3. The van der Waals surface area contributed by atoms with E-state index in [4.69, 9.17) is 19.7 Å². The lowest BCUT2D eigenvalue weighted by atomic mass is 10.2. The largest absolute Gasteiger partial charge is 0.497 e. The first-order valence-electron chi connectivity index (χ1n) is 8.78. The summed E-state index contributed by atoms with van der Waals surface area (Å²) in [7, 11) is 1.66. The van der Waals surface area contributed by atoms with Gasteiger partial charge in [-0.1, -0.05) is 34.1 Å². The summed E-state index contributed by atoms with van der Waals surface area (Å²) >= 11 is 3.56. The highest BCUT2D eigenvalue weighted by Crippen LogP contribution is 2.30. The van der Waals surface area contributed by atoms with Crippen molar-refractivity contribution >= 4 is 38.3 Å². The van der Waals surface area contributed by atoms with Gasteiger partial charge in [0.05, 0.1) is 23.8 Å². The zero-order valence-electron chi connectivity index (χ0n) is 15.0. The zero-order chi connectivity index (χ0) is 19.1. The van der Waals surface area contributed by atoms with Gasteiger partial charge in [-0.15, -0.1) is 0 Å². The van der Waals surface area contributed by atoms with Crippen LogP contribution >= 0.6 is 15.9 Å². The molecule has 2 aromatic heterocycles. The molecule has 0 fully saturated rings. The smallest absolute Gasteiger partial charge is 0.199 e. The van der Waals surface area contributed by atoms with Gasteiger partial charge in [0.2, 0.25) is 0 Å². The van der Waals surface area contributed by atoms with Gasteiger partial charge < -0.3 is 4.74 Å². The van der Waals surface area contributed by atoms with E-state index in [0.717, 1.165) is 44.0 Å². The van der Waals surface area contributed by atoms with E-state index in [-0.39, 0.29) is 0 Å². The SMILES string of the molecule is COc1ccc(-c2nc3nc4ccccc4nc3n2-c2cccc(Br)c2)cc1. The van der Waals surface area contributed by atoms with Crippen molar-refractivity contribution in [3.63, 3.8) is 0 Å². The number of aromatic nitrogens is 4. The highest BCUT2D eigenvalue weighted by molar-refractivity contribution is 9.10. The van der Waals surface area contributed by atoms with Crippen molar-refractivity contribution in [1.29, 1.82) is 0 Å². The van der Waals surface area contributed by atoms with Gasteiger partial charge in [-0.05, 0) is 54.6 Å². The van der Waals surface area contributed by atoms with Gasteiger partial charge in [0.1, 0.15) is 11.6 Å². The van der Waals surface area contributed by atoms with Gasteiger partial charge in [0.15, 0.2) is 11.3 Å². The van der Waals surface area contributed by atoms with Crippen LogP contribution < -0.4 is 4.74 Å². The van der Waals surface area contributed by atoms with E-state index in [0.29, 0.717) is 5.65 Å². The lowest BCUT2D eigenvalue weighted by molar-refractivity contribution is 0.415. The fourth-order valence-corrected chi connectivity index (χ4v) is 3.64. The fourth-order valence-electron chi connectivity index (χ4n) is 3.25. The van der Waals surface area contributed by atoms with E-state index < -0.39 is 0 Å². The number of hydrogen-bond acceptors (Lipinski definition) is 4. The standard InChI is InChI=1S/C22H15BrN4O/c1-28-17-11-9-14(10-12-17)21-26-20-22(25-19-8-3-2-7-18(19)24-20)27(21)16-6-4-5-15(23)13-16/h2-13H,1H3. The normalized spacial score (nSPS) is 11.2. The number of para-hydroxylation sites is 2. The summed E-state index contributed by atoms with van der Waals surface area (Å²) in [5.74, 6) is 1.59. The van der Waals surface area contributed by atoms with E-state index in [2.05, 4.69) is 15.9 Å². The Bertz CT molecular complexity index is 1310. The summed E-state index contributed by atoms with van der Waals surface area (Å²) in [5.41, 5.74) is 4.94. The molecule has 0 aliphatic heterocycles. The van der Waals surface area contributed by atoms with Gasteiger partial charge in [-0.25, -0.2) is 15.0 Å². The molecule has 0 amide bonds. The van der Waals surface area contributed by atoms with Crippen molar-refractivity contribution in [2.45, 2.75) is 0 Å². The third-order valence-electron chi connectivity index (χ3n) is 4.58. The van der Waals surface area contributed by atoms with Crippen molar-refractivity contribution < 1.29 is 4.74 Å². The molecule has 136 valence electrons. The van der Waals surface area contributed by atoms with E-state index >= 15 is 0 Å². The fraction of sp³-hybridized carbons (Fsp3) is 0.0455. The van der Waals surface area contributed by atoms with Crippen LogP contribution in [0.3, 0.4) is 0 Å². The maximum atomic E-state index is 5.29. The van der Waals surface area contributed by atoms with Crippen LogP contribution in [0.2, 0.25) is 0 Å². The molecule has 5 aromatic rings. The molecule has 5 nitrogen and oxygen atoms in total. The topological polar surface area (TPSA) is 52.8 Å². The van der Waals surface area contributed by atoms with Crippen LogP contribution in [-0.4, -0.2) is 26.6 Å². The number of hydrogen-bond donors (Lipinski definition) is 0. The molecule has 0 bridgehead atoms. The van der Waals surface area contributed by atoms with Crippen LogP contribution in [0.15, 0.2) is 77.3 Å². The second-order valence-electron chi connectivity index (χ2n) is 6.34. The Morgan fingerprint density at radius 1 is 0.821 bits per heavy atom. The van der Waals surface area contributed by atoms with Gasteiger partial charge >= 0.3 is 0 Å². The number of benzene rings is 3. The van der Waals surface area contributed by atoms with Crippen molar-refractivity contribution in [2.24, 2.45) is 0 Å². The summed E-state index contributed by atoms with van der Waals surface area (Å²) in [4.78, 5) is 14.4. The molecule has 0 N–H and O–H groups in total. The molecular weight excluding hydrogens is 416 g/mol. The molecule has 3 aromatic carbocycles. The van der Waals surface area contributed by atoms with Crippen LogP contribution in [0.1, 0.15) is 0 Å². The number of fused-ring (bicyclic) bond motifs is 2. The number of methoxy groups -OCH3 is 1. The Morgan fingerprint density at radius 2 is 1.57 bits per heavy atom. The molecule has 0 saturated heterocycles. The molecule has 0 unspecified atom stereocenters. The Hall–Kier alpha value is -3.25. The minimum Gasteiger partial charge on any atom is -0.497 e. The Kier molecular flexibility index (Phi) is 4.06. The summed E-state index contributed by atoms with van der Waals surface area (Å²) < 4.78 is 8.32. The highest BCUT2D eigenvalue weighted by atomic mass is 79.9. The molecule has 0 saturated carbocycles.